The number of anilines is 2. The molecule has 1 fully saturated rings. The summed E-state index contributed by atoms with van der Waals surface area (Å²) in [6.07, 6.45) is 5.01. The van der Waals surface area contributed by atoms with E-state index in [0.29, 0.717) is 29.8 Å². The average molecular weight is 275 g/mol. The summed E-state index contributed by atoms with van der Waals surface area (Å²) in [7, 11) is 0. The molecule has 1 aromatic carbocycles. The molecule has 0 aliphatic heterocycles. The highest BCUT2D eigenvalue weighted by atomic mass is 16.1. The molecule has 4 N–H and O–H groups in total. The Balaban J connectivity index is 2.13. The molecule has 0 bridgehead atoms. The first kappa shape index (κ1) is 14.7. The molecule has 1 aromatic rings. The zero-order valence-corrected chi connectivity index (χ0v) is 12.4. The fourth-order valence-corrected chi connectivity index (χ4v) is 2.82. The fourth-order valence-electron chi connectivity index (χ4n) is 2.82. The van der Waals surface area contributed by atoms with E-state index >= 15 is 0 Å². The van der Waals surface area contributed by atoms with Gasteiger partial charge in [0.15, 0.2) is 0 Å². The van der Waals surface area contributed by atoms with E-state index in [4.69, 9.17) is 5.73 Å². The summed E-state index contributed by atoms with van der Waals surface area (Å²) in [6, 6.07) is 5.90. The zero-order valence-electron chi connectivity index (χ0n) is 12.4. The van der Waals surface area contributed by atoms with Crippen LogP contribution < -0.4 is 16.4 Å². The minimum absolute atomic E-state index is 0.0488. The summed E-state index contributed by atoms with van der Waals surface area (Å²) < 4.78 is 0. The Hall–Kier alpha value is -1.71. The van der Waals surface area contributed by atoms with E-state index in [1.54, 1.807) is 12.1 Å². The molecular formula is C16H25N3O. The third-order valence-corrected chi connectivity index (χ3v) is 4.11. The monoisotopic (exact) mass is 275 g/mol. The molecule has 0 spiro atoms. The quantitative estimate of drug-likeness (QED) is 0.740. The van der Waals surface area contributed by atoms with Crippen molar-refractivity contribution in [1.82, 2.24) is 5.32 Å². The molecule has 0 heterocycles. The summed E-state index contributed by atoms with van der Waals surface area (Å²) in [5, 5.41) is 6.34. The van der Waals surface area contributed by atoms with Crippen LogP contribution in [-0.4, -0.2) is 18.5 Å². The van der Waals surface area contributed by atoms with Gasteiger partial charge in [-0.1, -0.05) is 19.8 Å². The minimum Gasteiger partial charge on any atom is -0.397 e. The van der Waals surface area contributed by atoms with Gasteiger partial charge in [0.2, 0.25) is 0 Å². The van der Waals surface area contributed by atoms with Crippen molar-refractivity contribution in [1.29, 1.82) is 0 Å². The average Bonchev–Trinajstić information content (AvgIpc) is 2.44. The lowest BCUT2D eigenvalue weighted by atomic mass is 9.86. The van der Waals surface area contributed by atoms with Crippen LogP contribution in [0.25, 0.3) is 0 Å². The molecule has 0 saturated heterocycles. The van der Waals surface area contributed by atoms with Crippen LogP contribution in [0, 0.1) is 5.92 Å². The Labute approximate surface area is 121 Å². The molecule has 1 aliphatic rings. The van der Waals surface area contributed by atoms with Gasteiger partial charge in [0, 0.05) is 18.2 Å². The van der Waals surface area contributed by atoms with Gasteiger partial charge >= 0.3 is 0 Å². The molecule has 4 nitrogen and oxygen atoms in total. The summed E-state index contributed by atoms with van der Waals surface area (Å²) in [5.41, 5.74) is 8.28. The van der Waals surface area contributed by atoms with Crippen LogP contribution >= 0.6 is 0 Å². The van der Waals surface area contributed by atoms with Gasteiger partial charge in [-0.15, -0.1) is 0 Å². The van der Waals surface area contributed by atoms with Crippen molar-refractivity contribution < 1.29 is 4.79 Å². The first-order chi connectivity index (χ1) is 9.61. The van der Waals surface area contributed by atoms with Gasteiger partial charge in [0.05, 0.1) is 11.4 Å². The second-order valence-electron chi connectivity index (χ2n) is 5.67. The first-order valence-corrected chi connectivity index (χ1v) is 7.56. The van der Waals surface area contributed by atoms with Crippen LogP contribution in [0.1, 0.15) is 49.9 Å². The van der Waals surface area contributed by atoms with E-state index in [1.165, 1.54) is 25.7 Å². The van der Waals surface area contributed by atoms with Crippen molar-refractivity contribution in [3.63, 3.8) is 0 Å². The number of nitrogen functional groups attached to an aromatic ring is 1. The maximum Gasteiger partial charge on any atom is 0.251 e. The molecule has 0 aromatic heterocycles. The van der Waals surface area contributed by atoms with Gasteiger partial charge < -0.3 is 16.4 Å². The minimum atomic E-state index is -0.0488. The van der Waals surface area contributed by atoms with Crippen molar-refractivity contribution in [3.05, 3.63) is 23.8 Å². The van der Waals surface area contributed by atoms with Gasteiger partial charge in [-0.05, 0) is 43.9 Å². The fraction of sp³-hybridized carbons (Fsp3) is 0.562. The summed E-state index contributed by atoms with van der Waals surface area (Å²) in [4.78, 5) is 11.9. The smallest absolute Gasteiger partial charge is 0.251 e. The zero-order chi connectivity index (χ0) is 14.5. The first-order valence-electron chi connectivity index (χ1n) is 7.56. The van der Waals surface area contributed by atoms with E-state index in [9.17, 15) is 4.79 Å². The van der Waals surface area contributed by atoms with Crippen LogP contribution in [-0.2, 0) is 0 Å². The standard InChI is InChI=1S/C16H25N3O/c1-3-18-16(20)12-8-9-13(17)15(10-12)19-14-7-5-4-6-11(14)2/h8-11,14,19H,3-7,17H2,1-2H3,(H,18,20). The molecule has 2 rings (SSSR count). The third-order valence-electron chi connectivity index (χ3n) is 4.11. The molecule has 1 saturated carbocycles. The molecule has 20 heavy (non-hydrogen) atoms. The maximum atomic E-state index is 11.9. The number of carbonyl (C=O) groups excluding carboxylic acids is 1. The number of rotatable bonds is 4. The number of amides is 1. The highest BCUT2D eigenvalue weighted by Gasteiger charge is 2.21. The SMILES string of the molecule is CCNC(=O)c1ccc(N)c(NC2CCCCC2C)c1. The van der Waals surface area contributed by atoms with Gasteiger partial charge in [-0.25, -0.2) is 0 Å². The van der Waals surface area contributed by atoms with Gasteiger partial charge in [-0.2, -0.15) is 0 Å². The number of carbonyl (C=O) groups is 1. The Bertz CT molecular complexity index is 473. The highest BCUT2D eigenvalue weighted by molar-refractivity contribution is 5.96. The van der Waals surface area contributed by atoms with Crippen molar-refractivity contribution in [3.8, 4) is 0 Å². The van der Waals surface area contributed by atoms with Gasteiger partial charge in [-0.3, -0.25) is 4.79 Å². The number of hydrogen-bond donors (Lipinski definition) is 3. The van der Waals surface area contributed by atoms with E-state index < -0.39 is 0 Å². The lowest BCUT2D eigenvalue weighted by molar-refractivity contribution is 0.0956. The maximum absolute atomic E-state index is 11.9. The predicted molar refractivity (Wildman–Crippen MR) is 83.9 cm³/mol. The predicted octanol–water partition coefficient (Wildman–Crippen LogP) is 3.01. The molecule has 2 unspecified atom stereocenters. The Kier molecular flexibility index (Phi) is 4.88. The van der Waals surface area contributed by atoms with Crippen LogP contribution in [0.3, 0.4) is 0 Å². The number of hydrogen-bond acceptors (Lipinski definition) is 3. The van der Waals surface area contributed by atoms with E-state index in [2.05, 4.69) is 17.6 Å². The number of nitrogens with one attached hydrogen (secondary N) is 2. The van der Waals surface area contributed by atoms with Crippen molar-refractivity contribution >= 4 is 17.3 Å². The second-order valence-corrected chi connectivity index (χ2v) is 5.67. The Morgan fingerprint density at radius 3 is 2.80 bits per heavy atom. The summed E-state index contributed by atoms with van der Waals surface area (Å²) in [5.74, 6) is 0.600. The lowest BCUT2D eigenvalue weighted by Crippen LogP contribution is -2.31. The molecule has 2 atom stereocenters. The van der Waals surface area contributed by atoms with Crippen LogP contribution in [0.5, 0.6) is 0 Å². The Morgan fingerprint density at radius 1 is 1.35 bits per heavy atom. The molecule has 1 amide bonds. The van der Waals surface area contributed by atoms with Crippen molar-refractivity contribution in [2.45, 2.75) is 45.6 Å². The Morgan fingerprint density at radius 2 is 2.10 bits per heavy atom. The topological polar surface area (TPSA) is 67.2 Å². The molecule has 110 valence electrons. The molecule has 4 heteroatoms. The number of nitrogens with two attached hydrogens (primary N) is 1. The van der Waals surface area contributed by atoms with Crippen LogP contribution in [0.15, 0.2) is 18.2 Å². The lowest BCUT2D eigenvalue weighted by Gasteiger charge is -2.31. The van der Waals surface area contributed by atoms with Crippen LogP contribution in [0.2, 0.25) is 0 Å². The molecule has 0 radical (unpaired) electrons. The highest BCUT2D eigenvalue weighted by Crippen LogP contribution is 2.29. The number of benzene rings is 1. The second kappa shape index (κ2) is 6.64. The third kappa shape index (κ3) is 3.44. The van der Waals surface area contributed by atoms with Gasteiger partial charge in [0.25, 0.3) is 5.91 Å². The van der Waals surface area contributed by atoms with Crippen molar-refractivity contribution in [2.75, 3.05) is 17.6 Å². The summed E-state index contributed by atoms with van der Waals surface area (Å²) in [6.45, 7) is 4.82. The molecular weight excluding hydrogens is 250 g/mol. The van der Waals surface area contributed by atoms with Crippen LogP contribution in [0.4, 0.5) is 11.4 Å². The van der Waals surface area contributed by atoms with E-state index in [-0.39, 0.29) is 5.91 Å². The van der Waals surface area contributed by atoms with Crippen molar-refractivity contribution in [2.24, 2.45) is 5.92 Å². The van der Waals surface area contributed by atoms with E-state index in [1.807, 2.05) is 13.0 Å². The molecule has 1 aliphatic carbocycles. The van der Waals surface area contributed by atoms with Gasteiger partial charge in [0.1, 0.15) is 0 Å². The summed E-state index contributed by atoms with van der Waals surface area (Å²) >= 11 is 0. The normalized spacial score (nSPS) is 22.3. The largest absolute Gasteiger partial charge is 0.397 e. The van der Waals surface area contributed by atoms with E-state index in [0.717, 1.165) is 5.69 Å².